The quantitative estimate of drug-likeness (QED) is 0.765. The van der Waals surface area contributed by atoms with Crippen molar-refractivity contribution in [2.45, 2.75) is 25.7 Å². The summed E-state index contributed by atoms with van der Waals surface area (Å²) in [4.78, 5) is 13.1. The van der Waals surface area contributed by atoms with E-state index in [1.54, 1.807) is 32.4 Å². The average molecular weight is 347 g/mol. The molecule has 0 aliphatic heterocycles. The third-order valence-corrected chi connectivity index (χ3v) is 4.04. The van der Waals surface area contributed by atoms with Gasteiger partial charge in [0.2, 0.25) is 5.91 Å². The van der Waals surface area contributed by atoms with Crippen molar-refractivity contribution in [1.29, 1.82) is 0 Å². The molecule has 1 amide bonds. The Bertz CT molecular complexity index is 619. The van der Waals surface area contributed by atoms with Gasteiger partial charge in [0, 0.05) is 28.8 Å². The SMILES string of the molecule is CC.COc1cc(NC(=O)CSc2ccc(C)cc2)cc(OC)c1. The van der Waals surface area contributed by atoms with Crippen molar-refractivity contribution in [3.8, 4) is 11.5 Å². The van der Waals surface area contributed by atoms with E-state index in [1.165, 1.54) is 17.3 Å². The molecule has 4 nitrogen and oxygen atoms in total. The Hall–Kier alpha value is -2.14. The molecule has 0 fully saturated rings. The first kappa shape index (κ1) is 19.9. The highest BCUT2D eigenvalue weighted by molar-refractivity contribution is 8.00. The molecule has 24 heavy (non-hydrogen) atoms. The Kier molecular flexibility index (Phi) is 8.79. The molecular weight excluding hydrogens is 322 g/mol. The summed E-state index contributed by atoms with van der Waals surface area (Å²) in [5.74, 6) is 1.56. The number of carbonyl (C=O) groups excluding carboxylic acids is 1. The smallest absolute Gasteiger partial charge is 0.234 e. The summed E-state index contributed by atoms with van der Waals surface area (Å²) in [7, 11) is 3.15. The maximum atomic E-state index is 12.0. The van der Waals surface area contributed by atoms with E-state index in [4.69, 9.17) is 9.47 Å². The number of ether oxygens (including phenoxy) is 2. The fraction of sp³-hybridized carbons (Fsp3) is 0.316. The summed E-state index contributed by atoms with van der Waals surface area (Å²) < 4.78 is 10.4. The van der Waals surface area contributed by atoms with E-state index in [-0.39, 0.29) is 5.91 Å². The minimum atomic E-state index is -0.0686. The van der Waals surface area contributed by atoms with Crippen LogP contribution in [0.15, 0.2) is 47.4 Å². The normalized spacial score (nSPS) is 9.54. The first-order valence-corrected chi connectivity index (χ1v) is 8.81. The molecule has 0 aliphatic rings. The number of amides is 1. The first-order chi connectivity index (χ1) is 11.6. The number of anilines is 1. The monoisotopic (exact) mass is 347 g/mol. The molecule has 0 aliphatic carbocycles. The van der Waals surface area contributed by atoms with Crippen LogP contribution in [0.1, 0.15) is 19.4 Å². The zero-order valence-corrected chi connectivity index (χ0v) is 15.7. The number of benzene rings is 2. The minimum absolute atomic E-state index is 0.0686. The molecule has 2 aromatic rings. The third kappa shape index (κ3) is 6.54. The van der Waals surface area contributed by atoms with Gasteiger partial charge in [0.15, 0.2) is 0 Å². The van der Waals surface area contributed by atoms with Gasteiger partial charge in [0.1, 0.15) is 11.5 Å². The lowest BCUT2D eigenvalue weighted by Gasteiger charge is -2.10. The molecule has 130 valence electrons. The number of carbonyl (C=O) groups is 1. The number of rotatable bonds is 6. The standard InChI is InChI=1S/C17H19NO3S.C2H6/c1-12-4-6-16(7-5-12)22-11-17(19)18-13-8-14(20-2)10-15(9-13)21-3;1-2/h4-10H,11H2,1-3H3,(H,18,19);1-2H3. The summed E-state index contributed by atoms with van der Waals surface area (Å²) in [5, 5.41) is 2.85. The molecule has 0 saturated heterocycles. The Morgan fingerprint density at radius 3 is 2.04 bits per heavy atom. The molecule has 0 bridgehead atoms. The molecule has 2 aromatic carbocycles. The van der Waals surface area contributed by atoms with E-state index in [9.17, 15) is 4.79 Å². The number of methoxy groups -OCH3 is 2. The van der Waals surface area contributed by atoms with Gasteiger partial charge in [0.25, 0.3) is 0 Å². The van der Waals surface area contributed by atoms with Crippen LogP contribution in [0.5, 0.6) is 11.5 Å². The highest BCUT2D eigenvalue weighted by Gasteiger charge is 2.07. The predicted octanol–water partition coefficient (Wildman–Crippen LogP) is 4.77. The summed E-state index contributed by atoms with van der Waals surface area (Å²) in [5.41, 5.74) is 1.86. The van der Waals surface area contributed by atoms with Crippen LogP contribution < -0.4 is 14.8 Å². The average Bonchev–Trinajstić information content (AvgIpc) is 2.62. The molecule has 0 radical (unpaired) electrons. The van der Waals surface area contributed by atoms with E-state index >= 15 is 0 Å². The molecule has 2 rings (SSSR count). The molecule has 0 aromatic heterocycles. The molecule has 0 saturated carbocycles. The fourth-order valence-corrected chi connectivity index (χ4v) is 2.56. The third-order valence-electron chi connectivity index (χ3n) is 3.03. The molecule has 0 unspecified atom stereocenters. The van der Waals surface area contributed by atoms with Gasteiger partial charge in [-0.2, -0.15) is 0 Å². The van der Waals surface area contributed by atoms with Crippen LogP contribution in [0.4, 0.5) is 5.69 Å². The second-order valence-corrected chi connectivity index (χ2v) is 5.80. The highest BCUT2D eigenvalue weighted by atomic mass is 32.2. The van der Waals surface area contributed by atoms with Crippen molar-refractivity contribution < 1.29 is 14.3 Å². The lowest BCUT2D eigenvalue weighted by Crippen LogP contribution is -2.14. The van der Waals surface area contributed by atoms with Crippen molar-refractivity contribution in [2.24, 2.45) is 0 Å². The summed E-state index contributed by atoms with van der Waals surface area (Å²) in [6.07, 6.45) is 0. The van der Waals surface area contributed by atoms with Crippen LogP contribution >= 0.6 is 11.8 Å². The Morgan fingerprint density at radius 2 is 1.54 bits per heavy atom. The fourth-order valence-electron chi connectivity index (χ4n) is 1.86. The van der Waals surface area contributed by atoms with Crippen molar-refractivity contribution in [2.75, 3.05) is 25.3 Å². The van der Waals surface area contributed by atoms with Gasteiger partial charge in [0.05, 0.1) is 20.0 Å². The Morgan fingerprint density at radius 1 is 1.00 bits per heavy atom. The van der Waals surface area contributed by atoms with Crippen LogP contribution in [0.25, 0.3) is 0 Å². The number of hydrogen-bond donors (Lipinski definition) is 1. The number of thioether (sulfide) groups is 1. The van der Waals surface area contributed by atoms with Gasteiger partial charge in [-0.25, -0.2) is 0 Å². The van der Waals surface area contributed by atoms with Crippen LogP contribution in [0, 0.1) is 6.92 Å². The summed E-state index contributed by atoms with van der Waals surface area (Å²) in [6.45, 7) is 6.04. The van der Waals surface area contributed by atoms with Gasteiger partial charge < -0.3 is 14.8 Å². The molecule has 1 N–H and O–H groups in total. The predicted molar refractivity (Wildman–Crippen MR) is 101 cm³/mol. The molecular formula is C19H25NO3S. The van der Waals surface area contributed by atoms with E-state index in [1.807, 2.05) is 45.0 Å². The Balaban J connectivity index is 0.00000139. The maximum absolute atomic E-state index is 12.0. The van der Waals surface area contributed by atoms with Gasteiger partial charge >= 0.3 is 0 Å². The molecule has 5 heteroatoms. The molecule has 0 spiro atoms. The number of aryl methyl sites for hydroxylation is 1. The lowest BCUT2D eigenvalue weighted by atomic mass is 10.2. The van der Waals surface area contributed by atoms with E-state index in [0.717, 1.165) is 4.90 Å². The van der Waals surface area contributed by atoms with Crippen LogP contribution in [-0.4, -0.2) is 25.9 Å². The van der Waals surface area contributed by atoms with Crippen LogP contribution in [0.3, 0.4) is 0 Å². The van der Waals surface area contributed by atoms with E-state index < -0.39 is 0 Å². The molecule has 0 atom stereocenters. The highest BCUT2D eigenvalue weighted by Crippen LogP contribution is 2.26. The Labute approximate surface area is 148 Å². The topological polar surface area (TPSA) is 47.6 Å². The summed E-state index contributed by atoms with van der Waals surface area (Å²) in [6, 6.07) is 13.4. The summed E-state index contributed by atoms with van der Waals surface area (Å²) >= 11 is 1.50. The zero-order chi connectivity index (χ0) is 17.9. The minimum Gasteiger partial charge on any atom is -0.497 e. The van der Waals surface area contributed by atoms with Gasteiger partial charge in [-0.3, -0.25) is 4.79 Å². The van der Waals surface area contributed by atoms with E-state index in [2.05, 4.69) is 5.32 Å². The maximum Gasteiger partial charge on any atom is 0.234 e. The van der Waals surface area contributed by atoms with Gasteiger partial charge in [-0.1, -0.05) is 31.5 Å². The van der Waals surface area contributed by atoms with Crippen molar-refractivity contribution in [1.82, 2.24) is 0 Å². The molecule has 0 heterocycles. The second-order valence-electron chi connectivity index (χ2n) is 4.75. The second kappa shape index (κ2) is 10.6. The van der Waals surface area contributed by atoms with Crippen molar-refractivity contribution in [3.05, 3.63) is 48.0 Å². The number of nitrogens with one attached hydrogen (secondary N) is 1. The number of hydrogen-bond acceptors (Lipinski definition) is 4. The largest absolute Gasteiger partial charge is 0.497 e. The van der Waals surface area contributed by atoms with Crippen LogP contribution in [0.2, 0.25) is 0 Å². The zero-order valence-electron chi connectivity index (χ0n) is 14.9. The van der Waals surface area contributed by atoms with E-state index in [0.29, 0.717) is 22.9 Å². The van der Waals surface area contributed by atoms with Crippen molar-refractivity contribution >= 4 is 23.4 Å². The first-order valence-electron chi connectivity index (χ1n) is 7.83. The van der Waals surface area contributed by atoms with Crippen molar-refractivity contribution in [3.63, 3.8) is 0 Å². The van der Waals surface area contributed by atoms with Gasteiger partial charge in [-0.15, -0.1) is 11.8 Å². The lowest BCUT2D eigenvalue weighted by molar-refractivity contribution is -0.113. The van der Waals surface area contributed by atoms with Crippen LogP contribution in [-0.2, 0) is 4.79 Å². The van der Waals surface area contributed by atoms with Gasteiger partial charge in [-0.05, 0) is 19.1 Å².